The van der Waals surface area contributed by atoms with E-state index in [0.29, 0.717) is 33.1 Å². The molecular formula is C24H19ClF2N4O3. The largest absolute Gasteiger partial charge is 0.478 e. The summed E-state index contributed by atoms with van der Waals surface area (Å²) in [6, 6.07) is 14.7. The van der Waals surface area contributed by atoms with Crippen molar-refractivity contribution in [1.82, 2.24) is 14.1 Å². The van der Waals surface area contributed by atoms with Crippen LogP contribution >= 0.6 is 11.6 Å². The summed E-state index contributed by atoms with van der Waals surface area (Å²) in [4.78, 5) is 30.6. The molecule has 5 rings (SSSR count). The van der Waals surface area contributed by atoms with Crippen molar-refractivity contribution in [2.45, 2.75) is 18.9 Å². The number of carbonyl (C=O) groups is 1. The van der Waals surface area contributed by atoms with Crippen LogP contribution in [0.3, 0.4) is 0 Å². The van der Waals surface area contributed by atoms with Gasteiger partial charge in [0.15, 0.2) is 0 Å². The number of fused-ring (bicyclic) bond motifs is 1. The fraction of sp³-hybridized carbons (Fsp3) is 0.208. The fourth-order valence-electron chi connectivity index (χ4n) is 4.25. The van der Waals surface area contributed by atoms with Crippen molar-refractivity contribution < 1.29 is 18.7 Å². The predicted octanol–water partition coefficient (Wildman–Crippen LogP) is 4.43. The third kappa shape index (κ3) is 4.03. The van der Waals surface area contributed by atoms with Crippen LogP contribution in [0.2, 0.25) is 5.02 Å². The van der Waals surface area contributed by atoms with Crippen molar-refractivity contribution >= 4 is 34.4 Å². The number of halogens is 3. The molecule has 1 aliphatic heterocycles. The second-order valence-electron chi connectivity index (χ2n) is 8.24. The van der Waals surface area contributed by atoms with Crippen LogP contribution in [0.15, 0.2) is 65.6 Å². The number of carboxylic acid groups (broad SMARTS) is 1. The highest BCUT2D eigenvalue weighted by Crippen LogP contribution is 2.30. The van der Waals surface area contributed by atoms with Gasteiger partial charge in [0.1, 0.15) is 5.82 Å². The van der Waals surface area contributed by atoms with Crippen LogP contribution in [0.5, 0.6) is 0 Å². The van der Waals surface area contributed by atoms with E-state index in [4.69, 9.17) is 11.6 Å². The molecule has 34 heavy (non-hydrogen) atoms. The van der Waals surface area contributed by atoms with E-state index in [-0.39, 0.29) is 37.3 Å². The van der Waals surface area contributed by atoms with Gasteiger partial charge in [0.05, 0.1) is 41.6 Å². The van der Waals surface area contributed by atoms with Gasteiger partial charge in [-0.15, -0.1) is 0 Å². The van der Waals surface area contributed by atoms with E-state index >= 15 is 0 Å². The molecule has 0 bridgehead atoms. The number of hydrogen-bond donors (Lipinski definition) is 1. The van der Waals surface area contributed by atoms with Gasteiger partial charge in [-0.2, -0.15) is 0 Å². The van der Waals surface area contributed by atoms with Gasteiger partial charge in [-0.05, 0) is 48.0 Å². The lowest BCUT2D eigenvalue weighted by atomic mass is 10.1. The van der Waals surface area contributed by atoms with Crippen LogP contribution in [0, 0.1) is 0 Å². The molecule has 0 unspecified atom stereocenters. The second-order valence-corrected chi connectivity index (χ2v) is 8.68. The molecule has 1 N–H and O–H groups in total. The Morgan fingerprint density at radius 1 is 1.12 bits per heavy atom. The maximum Gasteiger partial charge on any atom is 0.335 e. The highest BCUT2D eigenvalue weighted by Gasteiger charge is 2.38. The molecule has 1 aliphatic rings. The standard InChI is InChI=1S/C24H19ClF2N4O3/c25-17-4-6-19-20(11-17)31(18-5-7-21(28-12-18)29-9-8-24(26,27)14-29)23(34)30(19)13-15-2-1-3-16(10-15)22(32)33/h1-7,10-12H,8-9,13-14H2,(H,32,33). The van der Waals surface area contributed by atoms with Crippen molar-refractivity contribution in [2.75, 3.05) is 18.0 Å². The third-order valence-corrected chi connectivity index (χ3v) is 6.13. The molecule has 0 spiro atoms. The van der Waals surface area contributed by atoms with Gasteiger partial charge >= 0.3 is 11.7 Å². The first-order valence-electron chi connectivity index (χ1n) is 10.5. The summed E-state index contributed by atoms with van der Waals surface area (Å²) in [5.74, 6) is -3.37. The molecule has 0 atom stereocenters. The Labute approximate surface area is 197 Å². The van der Waals surface area contributed by atoms with Gasteiger partial charge in [-0.1, -0.05) is 23.7 Å². The van der Waals surface area contributed by atoms with E-state index in [1.54, 1.807) is 42.5 Å². The molecular weight excluding hydrogens is 466 g/mol. The number of rotatable bonds is 5. The van der Waals surface area contributed by atoms with Gasteiger partial charge in [0.25, 0.3) is 5.92 Å². The molecule has 0 saturated carbocycles. The molecule has 7 nitrogen and oxygen atoms in total. The number of aromatic nitrogens is 3. The molecule has 10 heteroatoms. The first-order valence-corrected chi connectivity index (χ1v) is 10.9. The molecule has 1 saturated heterocycles. The Bertz CT molecular complexity index is 1460. The second kappa shape index (κ2) is 8.25. The van der Waals surface area contributed by atoms with E-state index < -0.39 is 11.9 Å². The Kier molecular flexibility index (Phi) is 5.36. The number of nitrogens with zero attached hydrogens (tertiary/aromatic N) is 4. The van der Waals surface area contributed by atoms with Crippen LogP contribution in [-0.2, 0) is 6.54 Å². The van der Waals surface area contributed by atoms with Gasteiger partial charge < -0.3 is 10.0 Å². The fourth-order valence-corrected chi connectivity index (χ4v) is 4.41. The Morgan fingerprint density at radius 3 is 2.62 bits per heavy atom. The average Bonchev–Trinajstić information content (AvgIpc) is 3.30. The van der Waals surface area contributed by atoms with Gasteiger partial charge in [-0.25, -0.2) is 23.4 Å². The molecule has 0 aliphatic carbocycles. The smallest absolute Gasteiger partial charge is 0.335 e. The summed E-state index contributed by atoms with van der Waals surface area (Å²) in [6.07, 6.45) is 1.26. The lowest BCUT2D eigenvalue weighted by Crippen LogP contribution is -2.26. The minimum Gasteiger partial charge on any atom is -0.478 e. The summed E-state index contributed by atoms with van der Waals surface area (Å²) in [5.41, 5.74) is 2.04. The quantitative estimate of drug-likeness (QED) is 0.453. The molecule has 3 heterocycles. The van der Waals surface area contributed by atoms with Gasteiger partial charge in [-0.3, -0.25) is 9.13 Å². The molecule has 4 aromatic rings. The first-order chi connectivity index (χ1) is 16.2. The molecule has 0 radical (unpaired) electrons. The predicted molar refractivity (Wildman–Crippen MR) is 125 cm³/mol. The first kappa shape index (κ1) is 22.1. The number of hydrogen-bond acceptors (Lipinski definition) is 4. The van der Waals surface area contributed by atoms with Gasteiger partial charge in [0, 0.05) is 18.0 Å². The number of aromatic carboxylic acids is 1. The van der Waals surface area contributed by atoms with Crippen molar-refractivity contribution in [3.63, 3.8) is 0 Å². The van der Waals surface area contributed by atoms with E-state index in [9.17, 15) is 23.5 Å². The van der Waals surface area contributed by atoms with Crippen LogP contribution < -0.4 is 10.6 Å². The Balaban J connectivity index is 1.56. The maximum atomic E-state index is 13.6. The number of pyridine rings is 1. The van der Waals surface area contributed by atoms with Crippen LogP contribution in [0.4, 0.5) is 14.6 Å². The summed E-state index contributed by atoms with van der Waals surface area (Å²) < 4.78 is 30.1. The zero-order chi connectivity index (χ0) is 24.0. The number of imidazole rings is 1. The SMILES string of the molecule is O=C(O)c1cccc(Cn2c(=O)n(-c3ccc(N4CCC(F)(F)C4)nc3)c3cc(Cl)ccc32)c1. The monoisotopic (exact) mass is 484 g/mol. The third-order valence-electron chi connectivity index (χ3n) is 5.89. The minimum atomic E-state index is -2.74. The zero-order valence-corrected chi connectivity index (χ0v) is 18.5. The van der Waals surface area contributed by atoms with Crippen molar-refractivity contribution in [3.05, 3.63) is 87.4 Å². The summed E-state index contributed by atoms with van der Waals surface area (Å²) in [7, 11) is 0. The normalized spacial score (nSPS) is 15.2. The van der Waals surface area contributed by atoms with E-state index in [2.05, 4.69) is 4.98 Å². The van der Waals surface area contributed by atoms with Crippen LogP contribution in [0.1, 0.15) is 22.3 Å². The highest BCUT2D eigenvalue weighted by atomic mass is 35.5. The number of benzene rings is 2. The highest BCUT2D eigenvalue weighted by molar-refractivity contribution is 6.31. The van der Waals surface area contributed by atoms with Crippen molar-refractivity contribution in [2.24, 2.45) is 0 Å². The average molecular weight is 485 g/mol. The van der Waals surface area contributed by atoms with E-state index in [0.717, 1.165) is 0 Å². The van der Waals surface area contributed by atoms with Crippen molar-refractivity contribution in [1.29, 1.82) is 0 Å². The lowest BCUT2D eigenvalue weighted by Gasteiger charge is -2.17. The summed E-state index contributed by atoms with van der Waals surface area (Å²) in [6.45, 7) is -0.0211. The van der Waals surface area contributed by atoms with E-state index in [1.807, 2.05) is 0 Å². The maximum absolute atomic E-state index is 13.6. The molecule has 2 aromatic heterocycles. The molecule has 1 fully saturated rings. The number of anilines is 1. The van der Waals surface area contributed by atoms with Crippen LogP contribution in [0.25, 0.3) is 16.7 Å². The van der Waals surface area contributed by atoms with Crippen molar-refractivity contribution in [3.8, 4) is 5.69 Å². The summed E-state index contributed by atoms with van der Waals surface area (Å²) >= 11 is 6.21. The zero-order valence-electron chi connectivity index (χ0n) is 17.8. The van der Waals surface area contributed by atoms with E-state index in [1.165, 1.54) is 32.4 Å². The number of carboxylic acids is 1. The molecule has 0 amide bonds. The van der Waals surface area contributed by atoms with Crippen LogP contribution in [-0.4, -0.2) is 44.2 Å². The Morgan fingerprint density at radius 2 is 1.94 bits per heavy atom. The molecule has 2 aromatic carbocycles. The number of alkyl halides is 2. The topological polar surface area (TPSA) is 80.4 Å². The Hall–Kier alpha value is -3.72. The minimum absolute atomic E-state index is 0.129. The lowest BCUT2D eigenvalue weighted by molar-refractivity contribution is 0.0256. The molecule has 174 valence electrons. The van der Waals surface area contributed by atoms with Gasteiger partial charge in [0.2, 0.25) is 0 Å². The summed E-state index contributed by atoms with van der Waals surface area (Å²) in [5, 5.41) is 9.72.